The third-order valence-corrected chi connectivity index (χ3v) is 4.72. The van der Waals surface area contributed by atoms with Gasteiger partial charge in [-0.05, 0) is 43.0 Å². The Kier molecular flexibility index (Phi) is 4.79. The van der Waals surface area contributed by atoms with Crippen molar-refractivity contribution in [3.05, 3.63) is 69.1 Å². The third kappa shape index (κ3) is 3.63. The summed E-state index contributed by atoms with van der Waals surface area (Å²) in [6.45, 7) is 2.49. The molecule has 0 atom stereocenters. The van der Waals surface area contributed by atoms with Gasteiger partial charge in [0.2, 0.25) is 0 Å². The van der Waals surface area contributed by atoms with E-state index in [2.05, 4.69) is 16.5 Å². The molecular weight excluding hydrogens is 330 g/mol. The first-order valence-corrected chi connectivity index (χ1v) is 8.52. The standard InChI is InChI=1S/C17H16ClN3OS/c1-12-16(17(22)19-8-7-15-6-3-9-23-15)11-20-21(12)14-5-2-4-13(18)10-14/h2-6,9-11H,7-8H2,1H3,(H,19,22). The second-order valence-electron chi connectivity index (χ2n) is 5.12. The van der Waals surface area contributed by atoms with E-state index in [0.717, 1.165) is 17.8 Å². The number of thiophene rings is 1. The van der Waals surface area contributed by atoms with Crippen LogP contribution in [0, 0.1) is 6.92 Å². The van der Waals surface area contributed by atoms with Crippen LogP contribution in [-0.2, 0) is 6.42 Å². The number of carbonyl (C=O) groups excluding carboxylic acids is 1. The SMILES string of the molecule is Cc1c(C(=O)NCCc2cccs2)cnn1-c1cccc(Cl)c1. The molecule has 2 heterocycles. The number of rotatable bonds is 5. The van der Waals surface area contributed by atoms with Crippen molar-refractivity contribution in [1.29, 1.82) is 0 Å². The Balaban J connectivity index is 1.69. The molecule has 0 aliphatic heterocycles. The van der Waals surface area contributed by atoms with Crippen LogP contribution in [0.1, 0.15) is 20.9 Å². The molecule has 0 saturated heterocycles. The molecule has 0 radical (unpaired) electrons. The average molecular weight is 346 g/mol. The third-order valence-electron chi connectivity index (χ3n) is 3.54. The van der Waals surface area contributed by atoms with Crippen molar-refractivity contribution in [1.82, 2.24) is 15.1 Å². The molecule has 0 fully saturated rings. The van der Waals surface area contributed by atoms with Gasteiger partial charge < -0.3 is 5.32 Å². The van der Waals surface area contributed by atoms with E-state index < -0.39 is 0 Å². The van der Waals surface area contributed by atoms with E-state index in [4.69, 9.17) is 11.6 Å². The lowest BCUT2D eigenvalue weighted by Crippen LogP contribution is -2.25. The topological polar surface area (TPSA) is 46.9 Å². The van der Waals surface area contributed by atoms with E-state index in [1.54, 1.807) is 22.2 Å². The Morgan fingerprint density at radius 1 is 1.35 bits per heavy atom. The van der Waals surface area contributed by atoms with Gasteiger partial charge in [0.05, 0.1) is 23.1 Å². The molecular formula is C17H16ClN3OS. The van der Waals surface area contributed by atoms with Crippen molar-refractivity contribution in [2.24, 2.45) is 0 Å². The summed E-state index contributed by atoms with van der Waals surface area (Å²) < 4.78 is 1.72. The van der Waals surface area contributed by atoms with E-state index in [-0.39, 0.29) is 5.91 Å². The molecule has 1 N–H and O–H groups in total. The molecule has 23 heavy (non-hydrogen) atoms. The molecule has 0 saturated carbocycles. The monoisotopic (exact) mass is 345 g/mol. The van der Waals surface area contributed by atoms with E-state index in [0.29, 0.717) is 17.1 Å². The number of benzene rings is 1. The van der Waals surface area contributed by atoms with Gasteiger partial charge in [0, 0.05) is 16.4 Å². The van der Waals surface area contributed by atoms with Crippen LogP contribution in [0.2, 0.25) is 5.02 Å². The van der Waals surface area contributed by atoms with Crippen molar-refractivity contribution in [2.75, 3.05) is 6.54 Å². The summed E-state index contributed by atoms with van der Waals surface area (Å²) in [5.41, 5.74) is 2.21. The van der Waals surface area contributed by atoms with E-state index >= 15 is 0 Å². The first-order chi connectivity index (χ1) is 11.1. The second kappa shape index (κ2) is 6.98. The highest BCUT2D eigenvalue weighted by molar-refractivity contribution is 7.09. The fourth-order valence-electron chi connectivity index (χ4n) is 2.35. The largest absolute Gasteiger partial charge is 0.352 e. The van der Waals surface area contributed by atoms with Crippen LogP contribution in [0.15, 0.2) is 48.0 Å². The number of nitrogens with zero attached hydrogens (tertiary/aromatic N) is 2. The van der Waals surface area contributed by atoms with Gasteiger partial charge >= 0.3 is 0 Å². The fourth-order valence-corrected chi connectivity index (χ4v) is 3.24. The number of nitrogens with one attached hydrogen (secondary N) is 1. The maximum atomic E-state index is 12.3. The number of hydrogen-bond acceptors (Lipinski definition) is 3. The molecule has 118 valence electrons. The molecule has 0 bridgehead atoms. The van der Waals surface area contributed by atoms with Crippen LogP contribution in [0.5, 0.6) is 0 Å². The Bertz CT molecular complexity index is 811. The van der Waals surface area contributed by atoms with E-state index in [9.17, 15) is 4.79 Å². The quantitative estimate of drug-likeness (QED) is 0.763. The molecule has 0 unspecified atom stereocenters. The number of hydrogen-bond donors (Lipinski definition) is 1. The number of amides is 1. The summed E-state index contributed by atoms with van der Waals surface area (Å²) in [6, 6.07) is 11.5. The van der Waals surface area contributed by atoms with Gasteiger partial charge in [0.1, 0.15) is 0 Å². The van der Waals surface area contributed by atoms with Crippen LogP contribution in [0.4, 0.5) is 0 Å². The normalized spacial score (nSPS) is 10.7. The first kappa shape index (κ1) is 15.8. The smallest absolute Gasteiger partial charge is 0.254 e. The maximum Gasteiger partial charge on any atom is 0.254 e. The summed E-state index contributed by atoms with van der Waals surface area (Å²) in [4.78, 5) is 13.6. The van der Waals surface area contributed by atoms with Crippen LogP contribution in [-0.4, -0.2) is 22.2 Å². The summed E-state index contributed by atoms with van der Waals surface area (Å²) in [7, 11) is 0. The average Bonchev–Trinajstić information content (AvgIpc) is 3.17. The van der Waals surface area contributed by atoms with E-state index in [1.807, 2.05) is 42.6 Å². The number of halogens is 1. The van der Waals surface area contributed by atoms with Crippen molar-refractivity contribution in [2.45, 2.75) is 13.3 Å². The van der Waals surface area contributed by atoms with Crippen molar-refractivity contribution in [3.8, 4) is 5.69 Å². The zero-order valence-electron chi connectivity index (χ0n) is 12.6. The van der Waals surface area contributed by atoms with Crippen LogP contribution >= 0.6 is 22.9 Å². The first-order valence-electron chi connectivity index (χ1n) is 7.26. The molecule has 3 aromatic rings. The van der Waals surface area contributed by atoms with Gasteiger partial charge in [-0.25, -0.2) is 4.68 Å². The highest BCUT2D eigenvalue weighted by atomic mass is 35.5. The van der Waals surface area contributed by atoms with Crippen LogP contribution in [0.3, 0.4) is 0 Å². The highest BCUT2D eigenvalue weighted by Gasteiger charge is 2.14. The van der Waals surface area contributed by atoms with Gasteiger partial charge in [-0.15, -0.1) is 11.3 Å². The predicted octanol–water partition coefficient (Wildman–Crippen LogP) is 3.87. The zero-order chi connectivity index (χ0) is 16.2. The Morgan fingerprint density at radius 2 is 2.22 bits per heavy atom. The van der Waals surface area contributed by atoms with Gasteiger partial charge in [-0.2, -0.15) is 5.10 Å². The molecule has 6 heteroatoms. The lowest BCUT2D eigenvalue weighted by atomic mass is 10.2. The predicted molar refractivity (Wildman–Crippen MR) is 93.7 cm³/mol. The lowest BCUT2D eigenvalue weighted by molar-refractivity contribution is 0.0953. The Labute approximate surface area is 143 Å². The van der Waals surface area contributed by atoms with Crippen molar-refractivity contribution in [3.63, 3.8) is 0 Å². The summed E-state index contributed by atoms with van der Waals surface area (Å²) in [6.07, 6.45) is 2.43. The summed E-state index contributed by atoms with van der Waals surface area (Å²) >= 11 is 7.71. The minimum Gasteiger partial charge on any atom is -0.352 e. The zero-order valence-corrected chi connectivity index (χ0v) is 14.2. The molecule has 0 spiro atoms. The van der Waals surface area contributed by atoms with Crippen molar-refractivity contribution < 1.29 is 4.79 Å². The molecule has 4 nitrogen and oxygen atoms in total. The van der Waals surface area contributed by atoms with Crippen LogP contribution < -0.4 is 5.32 Å². The molecule has 3 rings (SSSR count). The fraction of sp³-hybridized carbons (Fsp3) is 0.176. The maximum absolute atomic E-state index is 12.3. The Hall–Kier alpha value is -2.11. The Morgan fingerprint density at radius 3 is 2.96 bits per heavy atom. The lowest BCUT2D eigenvalue weighted by Gasteiger charge is -2.06. The molecule has 1 aromatic carbocycles. The van der Waals surface area contributed by atoms with E-state index in [1.165, 1.54) is 4.88 Å². The number of aromatic nitrogens is 2. The van der Waals surface area contributed by atoms with Crippen molar-refractivity contribution >= 4 is 28.8 Å². The molecule has 0 aliphatic carbocycles. The minimum atomic E-state index is -0.104. The molecule has 2 aromatic heterocycles. The molecule has 1 amide bonds. The summed E-state index contributed by atoms with van der Waals surface area (Å²) in [5.74, 6) is -0.104. The second-order valence-corrected chi connectivity index (χ2v) is 6.59. The van der Waals surface area contributed by atoms with Gasteiger partial charge in [-0.1, -0.05) is 23.7 Å². The number of carbonyl (C=O) groups is 1. The van der Waals surface area contributed by atoms with Crippen LogP contribution in [0.25, 0.3) is 5.69 Å². The van der Waals surface area contributed by atoms with Gasteiger partial charge in [0.15, 0.2) is 0 Å². The van der Waals surface area contributed by atoms with Gasteiger partial charge in [0.25, 0.3) is 5.91 Å². The van der Waals surface area contributed by atoms with Gasteiger partial charge in [-0.3, -0.25) is 4.79 Å². The molecule has 0 aliphatic rings. The summed E-state index contributed by atoms with van der Waals surface area (Å²) in [5, 5.41) is 9.92. The minimum absolute atomic E-state index is 0.104. The highest BCUT2D eigenvalue weighted by Crippen LogP contribution is 2.18.